The van der Waals surface area contributed by atoms with Gasteiger partial charge in [-0.15, -0.1) is 0 Å². The van der Waals surface area contributed by atoms with Gasteiger partial charge in [0.2, 0.25) is 0 Å². The molecule has 0 spiro atoms. The highest BCUT2D eigenvalue weighted by molar-refractivity contribution is 5.30. The quantitative estimate of drug-likeness (QED) is 0.789. The minimum atomic E-state index is -4.39. The number of aromatic nitrogens is 1. The average molecular weight is 304 g/mol. The van der Waals surface area contributed by atoms with E-state index in [9.17, 15) is 13.2 Å². The summed E-state index contributed by atoms with van der Waals surface area (Å²) in [6.45, 7) is 6.81. The number of hydrogen-bond acceptors (Lipinski definition) is 3. The van der Waals surface area contributed by atoms with Gasteiger partial charge in [-0.2, -0.15) is 13.2 Å². The Kier molecular flexibility index (Phi) is 7.11. The van der Waals surface area contributed by atoms with Crippen LogP contribution in [0.5, 0.6) is 0 Å². The molecular weight excluding hydrogens is 281 g/mol. The van der Waals surface area contributed by atoms with Gasteiger partial charge in [-0.1, -0.05) is 13.8 Å². The Bertz CT molecular complexity index is 424. The van der Waals surface area contributed by atoms with Crippen molar-refractivity contribution in [3.8, 4) is 0 Å². The van der Waals surface area contributed by atoms with Crippen LogP contribution < -0.4 is 5.32 Å². The van der Waals surface area contributed by atoms with Crippen LogP contribution in [0, 0.1) is 0 Å². The van der Waals surface area contributed by atoms with Crippen molar-refractivity contribution in [2.24, 2.45) is 0 Å². The van der Waals surface area contributed by atoms with Crippen molar-refractivity contribution < 1.29 is 17.9 Å². The van der Waals surface area contributed by atoms with Crippen molar-refractivity contribution >= 4 is 0 Å². The van der Waals surface area contributed by atoms with E-state index in [-0.39, 0.29) is 11.7 Å². The molecule has 1 aromatic rings. The number of pyridine rings is 1. The summed E-state index contributed by atoms with van der Waals surface area (Å²) in [7, 11) is 0. The molecule has 0 aliphatic rings. The molecule has 0 bridgehead atoms. The van der Waals surface area contributed by atoms with Crippen LogP contribution in [0.3, 0.4) is 0 Å². The van der Waals surface area contributed by atoms with Crippen LogP contribution in [0.15, 0.2) is 18.5 Å². The highest BCUT2D eigenvalue weighted by Gasteiger charge is 2.37. The number of alkyl halides is 3. The van der Waals surface area contributed by atoms with Crippen molar-refractivity contribution in [1.29, 1.82) is 0 Å². The van der Waals surface area contributed by atoms with Gasteiger partial charge in [0.15, 0.2) is 0 Å². The number of nitrogens with zero attached hydrogens (tertiary/aromatic N) is 1. The van der Waals surface area contributed by atoms with Gasteiger partial charge in [-0.3, -0.25) is 4.98 Å². The molecule has 2 atom stereocenters. The van der Waals surface area contributed by atoms with Gasteiger partial charge in [0.1, 0.15) is 0 Å². The molecule has 21 heavy (non-hydrogen) atoms. The summed E-state index contributed by atoms with van der Waals surface area (Å²) in [6.07, 6.45) is -0.786. The molecule has 0 saturated heterocycles. The first-order chi connectivity index (χ1) is 9.95. The molecule has 0 amide bonds. The second kappa shape index (κ2) is 8.34. The average Bonchev–Trinajstić information content (AvgIpc) is 2.45. The molecule has 0 aromatic carbocycles. The molecule has 1 rings (SSSR count). The van der Waals surface area contributed by atoms with Crippen LogP contribution >= 0.6 is 0 Å². The van der Waals surface area contributed by atoms with Crippen molar-refractivity contribution in [1.82, 2.24) is 10.3 Å². The Morgan fingerprint density at radius 3 is 2.52 bits per heavy atom. The fourth-order valence-corrected chi connectivity index (χ4v) is 2.32. The van der Waals surface area contributed by atoms with Crippen molar-refractivity contribution in [3.05, 3.63) is 29.6 Å². The number of ether oxygens (including phenoxy) is 1. The van der Waals surface area contributed by atoms with Crippen LogP contribution in [0.25, 0.3) is 0 Å². The number of hydrogen-bond donors (Lipinski definition) is 1. The van der Waals surface area contributed by atoms with E-state index in [0.29, 0.717) is 19.6 Å². The van der Waals surface area contributed by atoms with Crippen molar-refractivity contribution in [2.75, 3.05) is 13.2 Å². The molecule has 0 fully saturated rings. The third-order valence-electron chi connectivity index (χ3n) is 3.26. The molecule has 6 heteroatoms. The van der Waals surface area contributed by atoms with Gasteiger partial charge >= 0.3 is 6.18 Å². The molecule has 3 nitrogen and oxygen atoms in total. The Morgan fingerprint density at radius 1 is 1.29 bits per heavy atom. The van der Waals surface area contributed by atoms with Gasteiger partial charge in [0.25, 0.3) is 0 Å². The van der Waals surface area contributed by atoms with E-state index in [1.807, 2.05) is 20.8 Å². The maximum Gasteiger partial charge on any atom is 0.416 e. The molecule has 2 unspecified atom stereocenters. The maximum atomic E-state index is 13.2. The molecule has 0 saturated carbocycles. The normalized spacial score (nSPS) is 15.0. The monoisotopic (exact) mass is 304 g/mol. The molecular formula is C15H23F3N2O. The highest BCUT2D eigenvalue weighted by atomic mass is 19.4. The Labute approximate surface area is 123 Å². The second-order valence-electron chi connectivity index (χ2n) is 4.79. The Morgan fingerprint density at radius 2 is 2.00 bits per heavy atom. The maximum absolute atomic E-state index is 13.2. The van der Waals surface area contributed by atoms with E-state index in [2.05, 4.69) is 10.3 Å². The van der Waals surface area contributed by atoms with Crippen LogP contribution in [-0.2, 0) is 10.9 Å². The summed E-state index contributed by atoms with van der Waals surface area (Å²) in [5.74, 6) is 0. The molecule has 0 aliphatic heterocycles. The molecule has 1 heterocycles. The lowest BCUT2D eigenvalue weighted by molar-refractivity contribution is -0.139. The van der Waals surface area contributed by atoms with E-state index in [1.54, 1.807) is 0 Å². The van der Waals surface area contributed by atoms with Gasteiger partial charge in [-0.25, -0.2) is 0 Å². The zero-order valence-electron chi connectivity index (χ0n) is 12.7. The van der Waals surface area contributed by atoms with E-state index >= 15 is 0 Å². The van der Waals surface area contributed by atoms with E-state index in [0.717, 1.165) is 12.5 Å². The number of rotatable bonds is 8. The molecule has 0 radical (unpaired) electrons. The van der Waals surface area contributed by atoms with Crippen LogP contribution in [0.2, 0.25) is 0 Å². The summed E-state index contributed by atoms with van der Waals surface area (Å²) in [4.78, 5) is 3.87. The number of halogens is 3. The summed E-state index contributed by atoms with van der Waals surface area (Å²) < 4.78 is 45.2. The smallest absolute Gasteiger partial charge is 0.377 e. The first-order valence-corrected chi connectivity index (χ1v) is 7.31. The van der Waals surface area contributed by atoms with Crippen LogP contribution in [-0.4, -0.2) is 24.2 Å². The first-order valence-electron chi connectivity index (χ1n) is 7.31. The lowest BCUT2D eigenvalue weighted by atomic mass is 9.96. The Hall–Kier alpha value is -1.14. The second-order valence-corrected chi connectivity index (χ2v) is 4.79. The van der Waals surface area contributed by atoms with Gasteiger partial charge in [0, 0.05) is 24.6 Å². The first kappa shape index (κ1) is 17.9. The van der Waals surface area contributed by atoms with E-state index in [4.69, 9.17) is 4.74 Å². The van der Waals surface area contributed by atoms with E-state index < -0.39 is 17.8 Å². The summed E-state index contributed by atoms with van der Waals surface area (Å²) in [5, 5.41) is 3.17. The zero-order chi connectivity index (χ0) is 15.9. The SMILES string of the molecule is CCCNC(c1cnccc1C(F)(F)F)C(CC)OCC. The third kappa shape index (κ3) is 4.97. The highest BCUT2D eigenvalue weighted by Crippen LogP contribution is 2.35. The minimum absolute atomic E-state index is 0.152. The Balaban J connectivity index is 3.19. The zero-order valence-corrected chi connectivity index (χ0v) is 12.7. The van der Waals surface area contributed by atoms with Gasteiger partial charge in [0.05, 0.1) is 17.7 Å². The predicted octanol–water partition coefficient (Wildman–Crippen LogP) is 3.96. The topological polar surface area (TPSA) is 34.2 Å². The largest absolute Gasteiger partial charge is 0.416 e. The molecule has 120 valence electrons. The van der Waals surface area contributed by atoms with Crippen molar-refractivity contribution in [2.45, 2.75) is 51.9 Å². The fraction of sp³-hybridized carbons (Fsp3) is 0.667. The lowest BCUT2D eigenvalue weighted by Gasteiger charge is -2.29. The van der Waals surface area contributed by atoms with Crippen LogP contribution in [0.1, 0.15) is 50.8 Å². The van der Waals surface area contributed by atoms with Crippen LogP contribution in [0.4, 0.5) is 13.2 Å². The lowest BCUT2D eigenvalue weighted by Crippen LogP contribution is -2.35. The van der Waals surface area contributed by atoms with Crippen molar-refractivity contribution in [3.63, 3.8) is 0 Å². The molecule has 1 aromatic heterocycles. The van der Waals surface area contributed by atoms with Gasteiger partial charge < -0.3 is 10.1 Å². The summed E-state index contributed by atoms with van der Waals surface area (Å²) in [6, 6.07) is 0.509. The number of nitrogens with one attached hydrogen (secondary N) is 1. The third-order valence-corrected chi connectivity index (χ3v) is 3.26. The molecule has 1 N–H and O–H groups in total. The molecule has 0 aliphatic carbocycles. The summed E-state index contributed by atoms with van der Waals surface area (Å²) in [5.41, 5.74) is -0.497. The van der Waals surface area contributed by atoms with E-state index in [1.165, 1.54) is 12.4 Å². The fourth-order valence-electron chi connectivity index (χ4n) is 2.32. The predicted molar refractivity (Wildman–Crippen MR) is 76.0 cm³/mol. The standard InChI is InChI=1S/C15H23F3N2O/c1-4-8-20-14(13(5-2)21-6-3)11-10-19-9-7-12(11)15(16,17)18/h7,9-10,13-14,20H,4-6,8H2,1-3H3. The minimum Gasteiger partial charge on any atom is -0.377 e. The summed E-state index contributed by atoms with van der Waals surface area (Å²) >= 11 is 0. The van der Waals surface area contributed by atoms with Gasteiger partial charge in [-0.05, 0) is 32.4 Å².